The molecule has 3 rings (SSSR count). The van der Waals surface area contributed by atoms with Gasteiger partial charge >= 0.3 is 5.97 Å². The fraction of sp³-hybridized carbons (Fsp3) is 0.312. The molecule has 0 N–H and O–H groups in total. The summed E-state index contributed by atoms with van der Waals surface area (Å²) in [7, 11) is 1.49. The molecule has 2 heterocycles. The summed E-state index contributed by atoms with van der Waals surface area (Å²) in [6, 6.07) is 0. The van der Waals surface area contributed by atoms with Gasteiger partial charge in [-0.1, -0.05) is 6.08 Å². The molecule has 0 atom stereocenters. The monoisotopic (exact) mass is 328 g/mol. The zero-order chi connectivity index (χ0) is 17.3. The second-order valence-corrected chi connectivity index (χ2v) is 5.11. The SMILES string of the molecule is CCOC(=O)C(=O)C1=CCc2c(-n3cnc(C)n3)ncc(OC)c21. The largest absolute Gasteiger partial charge is 0.494 e. The van der Waals surface area contributed by atoms with Crippen LogP contribution in [0, 0.1) is 6.92 Å². The Kier molecular flexibility index (Phi) is 4.11. The first kappa shape index (κ1) is 15.9. The molecule has 0 amide bonds. The molecule has 0 aliphatic heterocycles. The second kappa shape index (κ2) is 6.23. The third-order valence-corrected chi connectivity index (χ3v) is 3.65. The predicted octanol–water partition coefficient (Wildman–Crippen LogP) is 1.05. The first-order chi connectivity index (χ1) is 11.6. The number of aromatic nitrogens is 4. The minimum absolute atomic E-state index is 0.141. The lowest BCUT2D eigenvalue weighted by Crippen LogP contribution is -2.18. The van der Waals surface area contributed by atoms with E-state index in [4.69, 9.17) is 9.47 Å². The molecule has 0 spiro atoms. The number of hydrogen-bond acceptors (Lipinski definition) is 7. The maximum absolute atomic E-state index is 12.4. The van der Waals surface area contributed by atoms with E-state index >= 15 is 0 Å². The van der Waals surface area contributed by atoms with Crippen LogP contribution in [0.4, 0.5) is 0 Å². The van der Waals surface area contributed by atoms with Crippen molar-refractivity contribution in [2.75, 3.05) is 13.7 Å². The highest BCUT2D eigenvalue weighted by Crippen LogP contribution is 2.37. The van der Waals surface area contributed by atoms with Crippen molar-refractivity contribution in [2.24, 2.45) is 0 Å². The van der Waals surface area contributed by atoms with Gasteiger partial charge in [-0.15, -0.1) is 0 Å². The summed E-state index contributed by atoms with van der Waals surface area (Å²) < 4.78 is 11.7. The summed E-state index contributed by atoms with van der Waals surface area (Å²) in [5.41, 5.74) is 1.57. The van der Waals surface area contributed by atoms with Gasteiger partial charge < -0.3 is 9.47 Å². The molecule has 1 aliphatic carbocycles. The number of ketones is 1. The third kappa shape index (κ3) is 2.55. The van der Waals surface area contributed by atoms with Crippen LogP contribution in [0.15, 0.2) is 18.6 Å². The van der Waals surface area contributed by atoms with Gasteiger partial charge in [0.05, 0.1) is 19.9 Å². The van der Waals surface area contributed by atoms with Crippen molar-refractivity contribution < 1.29 is 19.1 Å². The number of carbonyl (C=O) groups is 2. The standard InChI is InChI=1S/C16H16N4O4/c1-4-24-16(22)14(21)10-5-6-11-13(10)12(23-3)7-17-15(11)20-8-18-9(2)19-20/h5,7-8H,4,6H2,1-3H3. The number of allylic oxidation sites excluding steroid dienone is 1. The maximum Gasteiger partial charge on any atom is 0.379 e. The molecule has 8 nitrogen and oxygen atoms in total. The van der Waals surface area contributed by atoms with Gasteiger partial charge in [-0.3, -0.25) is 4.79 Å². The van der Waals surface area contributed by atoms with Gasteiger partial charge in [-0.25, -0.2) is 19.4 Å². The molecule has 2 aromatic heterocycles. The van der Waals surface area contributed by atoms with E-state index in [0.29, 0.717) is 29.4 Å². The molecule has 0 saturated carbocycles. The molecular formula is C16H16N4O4. The molecule has 124 valence electrons. The summed E-state index contributed by atoms with van der Waals surface area (Å²) >= 11 is 0. The lowest BCUT2D eigenvalue weighted by atomic mass is 10.0. The first-order valence-corrected chi connectivity index (χ1v) is 7.43. The Bertz CT molecular complexity index is 854. The van der Waals surface area contributed by atoms with Crippen LogP contribution in [0.25, 0.3) is 11.4 Å². The van der Waals surface area contributed by atoms with Crippen molar-refractivity contribution >= 4 is 17.3 Å². The maximum atomic E-state index is 12.4. The molecule has 0 radical (unpaired) electrons. The van der Waals surface area contributed by atoms with Gasteiger partial charge in [0.2, 0.25) is 0 Å². The number of Topliss-reactive ketones (excluding diaryl/α,β-unsaturated/α-hetero) is 1. The number of nitrogens with zero attached hydrogens (tertiary/aromatic N) is 4. The molecule has 1 aliphatic rings. The molecule has 2 aromatic rings. The minimum Gasteiger partial charge on any atom is -0.494 e. The van der Waals surface area contributed by atoms with Crippen molar-refractivity contribution in [3.8, 4) is 11.6 Å². The van der Waals surface area contributed by atoms with E-state index in [1.807, 2.05) is 0 Å². The normalized spacial score (nSPS) is 12.5. The molecule has 0 aromatic carbocycles. The van der Waals surface area contributed by atoms with E-state index < -0.39 is 11.8 Å². The van der Waals surface area contributed by atoms with Crippen LogP contribution in [0.1, 0.15) is 23.9 Å². The van der Waals surface area contributed by atoms with Crippen molar-refractivity contribution in [1.82, 2.24) is 19.7 Å². The van der Waals surface area contributed by atoms with Crippen LogP contribution in [0.3, 0.4) is 0 Å². The van der Waals surface area contributed by atoms with Crippen molar-refractivity contribution in [3.63, 3.8) is 0 Å². The molecule has 0 bridgehead atoms. The summed E-state index contributed by atoms with van der Waals surface area (Å²) in [5.74, 6) is 0.00544. The molecule has 8 heteroatoms. The number of rotatable bonds is 5. The first-order valence-electron chi connectivity index (χ1n) is 7.43. The number of carbonyl (C=O) groups excluding carboxylic acids is 2. The number of hydrogen-bond donors (Lipinski definition) is 0. The van der Waals surface area contributed by atoms with Gasteiger partial charge in [0.25, 0.3) is 5.78 Å². The molecule has 0 saturated heterocycles. The average Bonchev–Trinajstić information content (AvgIpc) is 3.20. The third-order valence-electron chi connectivity index (χ3n) is 3.65. The summed E-state index contributed by atoms with van der Waals surface area (Å²) in [6.45, 7) is 3.56. The van der Waals surface area contributed by atoms with Crippen LogP contribution >= 0.6 is 0 Å². The zero-order valence-electron chi connectivity index (χ0n) is 13.6. The number of pyridine rings is 1. The summed E-state index contributed by atoms with van der Waals surface area (Å²) in [4.78, 5) is 32.6. The lowest BCUT2D eigenvalue weighted by molar-refractivity contribution is -0.150. The number of aryl methyl sites for hydroxylation is 1. The highest BCUT2D eigenvalue weighted by Gasteiger charge is 2.31. The zero-order valence-corrected chi connectivity index (χ0v) is 13.6. The summed E-state index contributed by atoms with van der Waals surface area (Å²) in [5, 5.41) is 4.25. The van der Waals surface area contributed by atoms with Crippen LogP contribution < -0.4 is 4.74 Å². The van der Waals surface area contributed by atoms with Gasteiger partial charge in [0, 0.05) is 16.7 Å². The highest BCUT2D eigenvalue weighted by atomic mass is 16.5. The summed E-state index contributed by atoms with van der Waals surface area (Å²) in [6.07, 6.45) is 5.17. The van der Waals surface area contributed by atoms with Crippen LogP contribution in [0.2, 0.25) is 0 Å². The Labute approximate surface area is 138 Å². The lowest BCUT2D eigenvalue weighted by Gasteiger charge is -2.13. The van der Waals surface area contributed by atoms with Crippen LogP contribution in [-0.2, 0) is 20.7 Å². The minimum atomic E-state index is -0.881. The Morgan fingerprint density at radius 3 is 2.75 bits per heavy atom. The number of esters is 1. The average molecular weight is 328 g/mol. The number of fused-ring (bicyclic) bond motifs is 1. The van der Waals surface area contributed by atoms with Crippen LogP contribution in [-0.4, -0.2) is 45.2 Å². The Morgan fingerprint density at radius 2 is 2.12 bits per heavy atom. The Hall–Kier alpha value is -3.03. The quantitative estimate of drug-likeness (QED) is 0.598. The van der Waals surface area contributed by atoms with Crippen molar-refractivity contribution in [2.45, 2.75) is 20.3 Å². The van der Waals surface area contributed by atoms with E-state index in [2.05, 4.69) is 15.1 Å². The Balaban J connectivity index is 2.08. The number of ether oxygens (including phenoxy) is 2. The highest BCUT2D eigenvalue weighted by molar-refractivity contribution is 6.52. The molecule has 24 heavy (non-hydrogen) atoms. The fourth-order valence-electron chi connectivity index (χ4n) is 2.63. The van der Waals surface area contributed by atoms with E-state index in [9.17, 15) is 9.59 Å². The topological polar surface area (TPSA) is 96.2 Å². The van der Waals surface area contributed by atoms with E-state index in [0.717, 1.165) is 5.56 Å². The van der Waals surface area contributed by atoms with Gasteiger partial charge in [-0.05, 0) is 20.3 Å². The fourth-order valence-corrected chi connectivity index (χ4v) is 2.63. The molecule has 0 fully saturated rings. The second-order valence-electron chi connectivity index (χ2n) is 5.11. The van der Waals surface area contributed by atoms with E-state index in [1.54, 1.807) is 30.9 Å². The Morgan fingerprint density at radius 1 is 1.33 bits per heavy atom. The molecular weight excluding hydrogens is 312 g/mol. The van der Waals surface area contributed by atoms with E-state index in [1.165, 1.54) is 13.3 Å². The van der Waals surface area contributed by atoms with Crippen molar-refractivity contribution in [3.05, 3.63) is 35.6 Å². The van der Waals surface area contributed by atoms with E-state index in [-0.39, 0.29) is 12.2 Å². The van der Waals surface area contributed by atoms with Gasteiger partial charge in [0.1, 0.15) is 17.9 Å². The van der Waals surface area contributed by atoms with Crippen molar-refractivity contribution in [1.29, 1.82) is 0 Å². The predicted molar refractivity (Wildman–Crippen MR) is 83.8 cm³/mol. The van der Waals surface area contributed by atoms with Gasteiger partial charge in [-0.2, -0.15) is 5.10 Å². The van der Waals surface area contributed by atoms with Crippen LogP contribution in [0.5, 0.6) is 5.75 Å². The molecule has 0 unspecified atom stereocenters. The van der Waals surface area contributed by atoms with Gasteiger partial charge in [0.15, 0.2) is 5.82 Å². The smallest absolute Gasteiger partial charge is 0.379 e. The number of methoxy groups -OCH3 is 1.